The van der Waals surface area contributed by atoms with Gasteiger partial charge in [0.05, 0.1) is 0 Å². The van der Waals surface area contributed by atoms with Crippen LogP contribution in [0.2, 0.25) is 0 Å². The quantitative estimate of drug-likeness (QED) is 0.303. The summed E-state index contributed by atoms with van der Waals surface area (Å²) in [4.78, 5) is 0. The van der Waals surface area contributed by atoms with Gasteiger partial charge in [-0.1, -0.05) is 5.87 Å². The second kappa shape index (κ2) is 3.77. The molecule has 0 rings (SSSR count). The van der Waals surface area contributed by atoms with Crippen molar-refractivity contribution in [2.45, 2.75) is 0 Å². The van der Waals surface area contributed by atoms with Crippen molar-refractivity contribution in [3.63, 3.8) is 0 Å². The minimum absolute atomic E-state index is 0.812. The molecule has 0 saturated heterocycles. The van der Waals surface area contributed by atoms with E-state index in [0.29, 0.717) is 0 Å². The molecule has 1 nitrogen and oxygen atoms in total. The second-order valence-electron chi connectivity index (χ2n) is 0.489. The van der Waals surface area contributed by atoms with Crippen LogP contribution in [0.1, 0.15) is 0 Å². The maximum Gasteiger partial charge on any atom is -0.0366 e. The maximum atomic E-state index is 10.2. The van der Waals surface area contributed by atoms with Gasteiger partial charge in [-0.3, -0.25) is 9.91 Å². The molecule has 0 aromatic carbocycles. The van der Waals surface area contributed by atoms with Crippen LogP contribution in [0.5, 0.6) is 0 Å². The Morgan fingerprint density at radius 2 is 2.33 bits per heavy atom. The van der Waals surface area contributed by atoms with Crippen LogP contribution in [-0.2, 0) is 22.5 Å². The smallest absolute Gasteiger partial charge is 0.0366 e. The van der Waals surface area contributed by atoms with E-state index in [1.165, 1.54) is 10.8 Å². The Kier molecular flexibility index (Phi) is 4.14. The molecule has 0 saturated carbocycles. The third-order valence-electron chi connectivity index (χ3n) is 0.232. The fourth-order valence-corrected chi connectivity index (χ4v) is 1.30. The average molecular weight is 141 g/mol. The summed E-state index contributed by atoms with van der Waals surface area (Å²) in [6.07, 6.45) is 1.79. The average Bonchev–Trinajstić information content (AvgIpc) is 1.65. The molecule has 0 radical (unpaired) electrons. The van der Waals surface area contributed by atoms with Crippen LogP contribution in [-0.4, -0.2) is 12.1 Å². The topological polar surface area (TPSA) is 17.1 Å². The van der Waals surface area contributed by atoms with E-state index < -0.39 is 8.39 Å². The molecule has 0 fully saturated rings. The minimum Gasteiger partial charge on any atom is -0.442 e. The molecule has 0 N–H and O–H groups in total. The third-order valence-corrected chi connectivity index (χ3v) is 4.18. The lowest BCUT2D eigenvalue weighted by Gasteiger charge is -1.85. The van der Waals surface area contributed by atoms with Gasteiger partial charge in [-0.15, -0.1) is 0 Å². The lowest BCUT2D eigenvalue weighted by molar-refractivity contribution is 0.610. The Bertz CT molecular complexity index is 117. The zero-order valence-corrected chi connectivity index (χ0v) is 5.79. The number of hydrogen-bond acceptors (Lipinski definition) is 3. The number of rotatable bonds is 1. The molecule has 4 heteroatoms. The molecule has 0 spiro atoms. The van der Waals surface area contributed by atoms with Crippen LogP contribution in [0.15, 0.2) is 0 Å². The fourth-order valence-electron chi connectivity index (χ4n) is 0.0481. The van der Waals surface area contributed by atoms with Crippen LogP contribution >= 0.6 is 10.8 Å². The van der Waals surface area contributed by atoms with Crippen molar-refractivity contribution in [2.75, 3.05) is 6.26 Å². The van der Waals surface area contributed by atoms with E-state index >= 15 is 0 Å². The van der Waals surface area contributed by atoms with Crippen LogP contribution in [0, 0.1) is 0 Å². The summed E-state index contributed by atoms with van der Waals surface area (Å²) < 4.78 is 10.2. The summed E-state index contributed by atoms with van der Waals surface area (Å²) in [6.45, 7) is 0. The van der Waals surface area contributed by atoms with E-state index in [1.54, 1.807) is 6.26 Å². The first kappa shape index (κ1) is 6.59. The molecule has 0 heterocycles. The van der Waals surface area contributed by atoms with E-state index in [-0.39, 0.29) is 0 Å². The molecule has 6 heavy (non-hydrogen) atoms. The molecule has 0 aliphatic carbocycles. The molecular weight excluding hydrogens is 136 g/mol. The zero-order chi connectivity index (χ0) is 4.99. The molecule has 0 aliphatic heterocycles. The Labute approximate surface area is 45.8 Å². The van der Waals surface area contributed by atoms with Crippen molar-refractivity contribution in [1.29, 1.82) is 0 Å². The van der Waals surface area contributed by atoms with Gasteiger partial charge in [-0.25, -0.2) is 10.8 Å². The summed E-state index contributed by atoms with van der Waals surface area (Å²) in [5.41, 5.74) is 0. The first-order valence-electron chi connectivity index (χ1n) is 1.20. The van der Waals surface area contributed by atoms with Crippen LogP contribution in [0.4, 0.5) is 0 Å². The Balaban J connectivity index is 3.89. The molecule has 0 aromatic rings. The molecule has 0 aliphatic rings. The van der Waals surface area contributed by atoms with E-state index in [2.05, 4.69) is 5.87 Å². The van der Waals surface area contributed by atoms with Crippen molar-refractivity contribution in [1.82, 2.24) is 0 Å². The Morgan fingerprint density at radius 1 is 1.83 bits per heavy atom. The number of hydrogen-bond donors (Lipinski definition) is 0. The summed E-state index contributed by atoms with van der Waals surface area (Å²) >= 11 is 0. The first-order valence-corrected chi connectivity index (χ1v) is 5.59. The third kappa shape index (κ3) is 2.81. The molecular formula is C2H5OS3-. The van der Waals surface area contributed by atoms with Crippen molar-refractivity contribution in [3.05, 3.63) is 0 Å². The Morgan fingerprint density at radius 3 is 2.33 bits per heavy atom. The van der Waals surface area contributed by atoms with Gasteiger partial charge in [0.1, 0.15) is 0 Å². The van der Waals surface area contributed by atoms with Crippen molar-refractivity contribution < 1.29 is 4.21 Å². The SMILES string of the molecule is C=S=[S-](=O)SC. The summed E-state index contributed by atoms with van der Waals surface area (Å²) in [6, 6.07) is 0. The van der Waals surface area contributed by atoms with Gasteiger partial charge in [0.2, 0.25) is 0 Å². The Hall–Kier alpha value is 0.590. The summed E-state index contributed by atoms with van der Waals surface area (Å²) in [5, 5.41) is 0. The highest BCUT2D eigenvalue weighted by molar-refractivity contribution is 8.79. The monoisotopic (exact) mass is 141 g/mol. The standard InChI is InChI=1S/C2H5OS3/c1-4-6(3)5-2/h1H2,2H3/q-1. The largest absolute Gasteiger partial charge is 0.442 e. The van der Waals surface area contributed by atoms with Gasteiger partial charge in [0.25, 0.3) is 0 Å². The van der Waals surface area contributed by atoms with Crippen molar-refractivity contribution in [3.8, 4) is 0 Å². The van der Waals surface area contributed by atoms with E-state index in [9.17, 15) is 4.21 Å². The van der Waals surface area contributed by atoms with Gasteiger partial charge < -0.3 is 4.21 Å². The maximum absolute atomic E-state index is 10.2. The lowest BCUT2D eigenvalue weighted by Crippen LogP contribution is -1.52. The highest BCUT2D eigenvalue weighted by Gasteiger charge is 1.45. The van der Waals surface area contributed by atoms with Gasteiger partial charge in [0.15, 0.2) is 0 Å². The molecule has 0 aromatic heterocycles. The normalized spacial score (nSPS) is 9.00. The van der Waals surface area contributed by atoms with Crippen LogP contribution < -0.4 is 0 Å². The fraction of sp³-hybridized carbons (Fsp3) is 0.500. The van der Waals surface area contributed by atoms with E-state index in [4.69, 9.17) is 0 Å². The van der Waals surface area contributed by atoms with Gasteiger partial charge in [-0.2, -0.15) is 8.39 Å². The summed E-state index contributed by atoms with van der Waals surface area (Å²) in [7, 11) is 1.60. The lowest BCUT2D eigenvalue weighted by atomic mass is 12.0. The molecule has 0 bridgehead atoms. The van der Waals surface area contributed by atoms with Crippen molar-refractivity contribution in [2.24, 2.45) is 0 Å². The van der Waals surface area contributed by atoms with Crippen molar-refractivity contribution >= 4 is 35.0 Å². The predicted octanol–water partition coefficient (Wildman–Crippen LogP) is 0.658. The van der Waals surface area contributed by atoms with E-state index in [1.807, 2.05) is 0 Å². The molecule has 38 valence electrons. The second-order valence-corrected chi connectivity index (χ2v) is 5.62. The van der Waals surface area contributed by atoms with Crippen LogP contribution in [0.3, 0.4) is 0 Å². The zero-order valence-electron chi connectivity index (χ0n) is 3.34. The first-order chi connectivity index (χ1) is 2.81. The molecule has 0 atom stereocenters. The molecule has 0 unspecified atom stereocenters. The highest BCUT2D eigenvalue weighted by atomic mass is 33.3. The minimum atomic E-state index is -0.812. The van der Waals surface area contributed by atoms with Gasteiger partial charge in [0, 0.05) is 0 Å². The predicted molar refractivity (Wildman–Crippen MR) is 36.1 cm³/mol. The van der Waals surface area contributed by atoms with Gasteiger partial charge in [-0.05, 0) is 6.26 Å². The molecule has 0 amide bonds. The highest BCUT2D eigenvalue weighted by Crippen LogP contribution is 1.88. The van der Waals surface area contributed by atoms with Gasteiger partial charge >= 0.3 is 0 Å². The van der Waals surface area contributed by atoms with Crippen LogP contribution in [0.25, 0.3) is 0 Å². The van der Waals surface area contributed by atoms with E-state index in [0.717, 1.165) is 9.91 Å². The summed E-state index contributed by atoms with van der Waals surface area (Å²) in [5.74, 6) is 3.35.